The number of alkyl halides is 2. The summed E-state index contributed by atoms with van der Waals surface area (Å²) < 4.78 is 28.1. The maximum atomic E-state index is 12.0. The van der Waals surface area contributed by atoms with Gasteiger partial charge in [0.2, 0.25) is 5.75 Å². The molecule has 0 N–H and O–H groups in total. The number of nitro benzene ring substituents is 1. The van der Waals surface area contributed by atoms with Gasteiger partial charge in [0.1, 0.15) is 0 Å². The maximum absolute atomic E-state index is 12.0. The molecule has 1 unspecified atom stereocenters. The predicted octanol–water partition coefficient (Wildman–Crippen LogP) is 3.30. The molecule has 0 aromatic heterocycles. The second-order valence-electron chi connectivity index (χ2n) is 3.20. The number of benzene rings is 1. The van der Waals surface area contributed by atoms with Crippen LogP contribution in [0.4, 0.5) is 14.5 Å². The van der Waals surface area contributed by atoms with E-state index in [0.717, 1.165) is 12.1 Å². The summed E-state index contributed by atoms with van der Waals surface area (Å²) in [7, 11) is 0. The highest BCUT2D eigenvalue weighted by Gasteiger charge is 2.20. The van der Waals surface area contributed by atoms with Crippen LogP contribution in [0.2, 0.25) is 0 Å². The van der Waals surface area contributed by atoms with Crippen LogP contribution in [0, 0.1) is 17.0 Å². The summed E-state index contributed by atoms with van der Waals surface area (Å²) in [5.41, 5.74) is -0.00776. The lowest BCUT2D eigenvalue weighted by atomic mass is 10.0. The third-order valence-corrected chi connectivity index (χ3v) is 2.11. The predicted molar refractivity (Wildman–Crippen MR) is 58.0 cm³/mol. The first-order valence-electron chi connectivity index (χ1n) is 4.64. The number of rotatable bonds is 5. The number of nitrogens with zero attached hydrogens (tertiary/aromatic N) is 1. The van der Waals surface area contributed by atoms with Gasteiger partial charge in [0.05, 0.1) is 4.92 Å². The van der Waals surface area contributed by atoms with Gasteiger partial charge in [-0.2, -0.15) is 8.78 Å². The molecule has 1 aromatic carbocycles. The molecule has 0 heterocycles. The molecular formula is C11H10F2NO3. The van der Waals surface area contributed by atoms with Crippen LogP contribution in [0.5, 0.6) is 5.75 Å². The molecule has 0 spiro atoms. The molecule has 0 bridgehead atoms. The van der Waals surface area contributed by atoms with E-state index in [9.17, 15) is 18.9 Å². The minimum atomic E-state index is -3.10. The highest BCUT2D eigenvalue weighted by molar-refractivity contribution is 5.50. The van der Waals surface area contributed by atoms with Crippen LogP contribution in [0.25, 0.3) is 0 Å². The largest absolute Gasteiger partial charge is 0.427 e. The van der Waals surface area contributed by atoms with Gasteiger partial charge in [-0.3, -0.25) is 10.1 Å². The van der Waals surface area contributed by atoms with Crippen LogP contribution in [0.1, 0.15) is 11.5 Å². The van der Waals surface area contributed by atoms with E-state index in [1.807, 2.05) is 0 Å². The standard InChI is InChI=1S/C11H10F2NO3/c1-3-7(2)8-4-5-10(17-11(12)13)9(6-8)14(15)16/h3-7,11H,1-2H2. The second kappa shape index (κ2) is 5.38. The van der Waals surface area contributed by atoms with Crippen molar-refractivity contribution >= 4 is 5.69 Å². The van der Waals surface area contributed by atoms with Gasteiger partial charge in [-0.15, -0.1) is 6.58 Å². The Bertz CT molecular complexity index is 435. The van der Waals surface area contributed by atoms with E-state index in [4.69, 9.17) is 0 Å². The molecule has 1 radical (unpaired) electrons. The minimum Gasteiger partial charge on any atom is -0.427 e. The molecule has 0 aliphatic heterocycles. The van der Waals surface area contributed by atoms with Gasteiger partial charge < -0.3 is 4.74 Å². The topological polar surface area (TPSA) is 52.4 Å². The van der Waals surface area contributed by atoms with Crippen LogP contribution in [-0.2, 0) is 0 Å². The van der Waals surface area contributed by atoms with Gasteiger partial charge >= 0.3 is 12.3 Å². The minimum absolute atomic E-state index is 0.353. The molecule has 1 rings (SSSR count). The summed E-state index contributed by atoms with van der Waals surface area (Å²) in [5, 5.41) is 10.7. The Labute approximate surface area is 96.7 Å². The van der Waals surface area contributed by atoms with E-state index < -0.39 is 23.0 Å². The first kappa shape index (κ1) is 13.1. The molecule has 0 aliphatic carbocycles. The van der Waals surface area contributed by atoms with Gasteiger partial charge in [-0.05, 0) is 18.6 Å². The normalized spacial score (nSPS) is 12.2. The number of nitro groups is 1. The number of allylic oxidation sites excluding steroid dienone is 1. The Kier molecular flexibility index (Phi) is 4.14. The number of hydrogen-bond donors (Lipinski definition) is 0. The molecule has 1 atom stereocenters. The third-order valence-electron chi connectivity index (χ3n) is 2.11. The summed E-state index contributed by atoms with van der Waals surface area (Å²) in [4.78, 5) is 9.92. The Morgan fingerprint density at radius 1 is 1.47 bits per heavy atom. The Morgan fingerprint density at radius 2 is 2.12 bits per heavy atom. The summed E-state index contributed by atoms with van der Waals surface area (Å²) in [5.74, 6) is -0.820. The van der Waals surface area contributed by atoms with E-state index in [0.29, 0.717) is 5.56 Å². The maximum Gasteiger partial charge on any atom is 0.387 e. The second-order valence-corrected chi connectivity index (χ2v) is 3.20. The molecule has 0 saturated heterocycles. The molecule has 1 aromatic rings. The van der Waals surface area contributed by atoms with E-state index in [2.05, 4.69) is 18.2 Å². The lowest BCUT2D eigenvalue weighted by Crippen LogP contribution is -2.05. The van der Waals surface area contributed by atoms with Crippen molar-refractivity contribution in [2.75, 3.05) is 0 Å². The molecule has 6 heteroatoms. The first-order chi connectivity index (χ1) is 7.95. The summed E-state index contributed by atoms with van der Waals surface area (Å²) in [6.45, 7) is 4.08. The first-order valence-corrected chi connectivity index (χ1v) is 4.64. The number of ether oxygens (including phenoxy) is 1. The zero-order valence-corrected chi connectivity index (χ0v) is 8.81. The Morgan fingerprint density at radius 3 is 2.59 bits per heavy atom. The fourth-order valence-corrected chi connectivity index (χ4v) is 1.24. The van der Waals surface area contributed by atoms with E-state index in [1.54, 1.807) is 0 Å². The fourth-order valence-electron chi connectivity index (χ4n) is 1.24. The third kappa shape index (κ3) is 3.24. The van der Waals surface area contributed by atoms with E-state index >= 15 is 0 Å². The van der Waals surface area contributed by atoms with Gasteiger partial charge in [-0.25, -0.2) is 0 Å². The van der Waals surface area contributed by atoms with Crippen LogP contribution >= 0.6 is 0 Å². The monoisotopic (exact) mass is 242 g/mol. The van der Waals surface area contributed by atoms with Crippen LogP contribution in [0.15, 0.2) is 30.9 Å². The molecule has 0 amide bonds. The molecule has 4 nitrogen and oxygen atoms in total. The van der Waals surface area contributed by atoms with Gasteiger partial charge in [0.25, 0.3) is 0 Å². The van der Waals surface area contributed by atoms with Gasteiger partial charge in [0.15, 0.2) is 0 Å². The average Bonchev–Trinajstić information content (AvgIpc) is 2.27. The quantitative estimate of drug-likeness (QED) is 0.452. The summed E-state index contributed by atoms with van der Waals surface area (Å²) in [6.07, 6.45) is 1.49. The average molecular weight is 242 g/mol. The van der Waals surface area contributed by atoms with Crippen molar-refractivity contribution in [1.29, 1.82) is 0 Å². The Balaban J connectivity index is 3.17. The zero-order valence-electron chi connectivity index (χ0n) is 8.81. The molecule has 91 valence electrons. The van der Waals surface area contributed by atoms with Crippen molar-refractivity contribution < 1.29 is 18.4 Å². The molecule has 0 aliphatic rings. The molecular weight excluding hydrogens is 232 g/mol. The van der Waals surface area contributed by atoms with Crippen molar-refractivity contribution in [3.05, 3.63) is 53.5 Å². The molecule has 0 fully saturated rings. The van der Waals surface area contributed by atoms with Crippen molar-refractivity contribution in [3.63, 3.8) is 0 Å². The highest BCUT2D eigenvalue weighted by Crippen LogP contribution is 2.31. The summed E-state index contributed by atoms with van der Waals surface area (Å²) in [6, 6.07) is 3.71. The van der Waals surface area contributed by atoms with Crippen LogP contribution < -0.4 is 4.74 Å². The fraction of sp³-hybridized carbons (Fsp3) is 0.182. The van der Waals surface area contributed by atoms with Gasteiger partial charge in [-0.1, -0.05) is 12.1 Å². The smallest absolute Gasteiger partial charge is 0.387 e. The SMILES string of the molecule is [CH2]C(C=C)c1ccc(OC(F)F)c([N+](=O)[O-])c1. The lowest BCUT2D eigenvalue weighted by molar-refractivity contribution is -0.386. The van der Waals surface area contributed by atoms with Gasteiger partial charge in [0, 0.05) is 12.0 Å². The van der Waals surface area contributed by atoms with Crippen LogP contribution in [0.3, 0.4) is 0 Å². The Hall–Kier alpha value is -1.98. The van der Waals surface area contributed by atoms with E-state index in [-0.39, 0.29) is 5.92 Å². The van der Waals surface area contributed by atoms with Crippen LogP contribution in [-0.4, -0.2) is 11.5 Å². The number of halogens is 2. The molecule has 0 saturated carbocycles. The van der Waals surface area contributed by atoms with Crippen molar-refractivity contribution in [3.8, 4) is 5.75 Å². The number of hydrogen-bond acceptors (Lipinski definition) is 3. The lowest BCUT2D eigenvalue weighted by Gasteiger charge is -2.09. The van der Waals surface area contributed by atoms with Crippen molar-refractivity contribution in [2.45, 2.75) is 12.5 Å². The highest BCUT2D eigenvalue weighted by atomic mass is 19.3. The zero-order chi connectivity index (χ0) is 13.0. The van der Waals surface area contributed by atoms with E-state index in [1.165, 1.54) is 12.1 Å². The van der Waals surface area contributed by atoms with Crippen molar-refractivity contribution in [2.24, 2.45) is 0 Å². The van der Waals surface area contributed by atoms with Crippen molar-refractivity contribution in [1.82, 2.24) is 0 Å². The molecule has 17 heavy (non-hydrogen) atoms. The summed E-state index contributed by atoms with van der Waals surface area (Å²) >= 11 is 0.